The molecule has 0 rings (SSSR count). The fourth-order valence-corrected chi connectivity index (χ4v) is 4.59. The van der Waals surface area contributed by atoms with E-state index in [1.165, 1.54) is 0 Å². The maximum absolute atomic E-state index is 13.2. The van der Waals surface area contributed by atoms with Gasteiger partial charge >= 0.3 is 6.08 Å². The number of hydrogen-bond acceptors (Lipinski definition) is 2. The van der Waals surface area contributed by atoms with Gasteiger partial charge in [-0.15, -0.1) is 0 Å². The Balaban J connectivity index is 4.93. The molecule has 0 aromatic heterocycles. The molecule has 0 aliphatic rings. The molecule has 0 saturated heterocycles. The second-order valence-corrected chi connectivity index (χ2v) is 18.3. The summed E-state index contributed by atoms with van der Waals surface area (Å²) in [5.74, 6) is -0.411. The predicted octanol–water partition coefficient (Wildman–Crippen LogP) is 5.98. The smallest absolute Gasteiger partial charge is 0.306 e. The second-order valence-electron chi connectivity index (χ2n) is 8.60. The highest BCUT2D eigenvalue weighted by molar-refractivity contribution is 7.03. The SMILES string of the molecule is CC(CCC(O[Si](C)(C)C(C)(C)C)=C(F)F)C(=O)[Si](C)(C)C. The highest BCUT2D eigenvalue weighted by Crippen LogP contribution is 2.39. The molecule has 0 aliphatic heterocycles. The summed E-state index contributed by atoms with van der Waals surface area (Å²) in [6.45, 7) is 17.8. The predicted molar refractivity (Wildman–Crippen MR) is 94.3 cm³/mol. The average Bonchev–Trinajstić information content (AvgIpc) is 2.29. The van der Waals surface area contributed by atoms with E-state index in [0.717, 1.165) is 0 Å². The molecule has 130 valence electrons. The average molecular weight is 351 g/mol. The van der Waals surface area contributed by atoms with E-state index in [0.29, 0.717) is 6.42 Å². The maximum atomic E-state index is 13.2. The molecule has 0 heterocycles. The van der Waals surface area contributed by atoms with Gasteiger partial charge in [0.1, 0.15) is 19.2 Å². The first-order chi connectivity index (χ1) is 9.59. The largest absolute Gasteiger partial charge is 0.543 e. The van der Waals surface area contributed by atoms with Crippen LogP contribution in [0.4, 0.5) is 8.78 Å². The zero-order valence-electron chi connectivity index (χ0n) is 15.6. The molecule has 0 amide bonds. The van der Waals surface area contributed by atoms with Crippen molar-refractivity contribution in [3.63, 3.8) is 0 Å². The van der Waals surface area contributed by atoms with E-state index in [1.54, 1.807) is 0 Å². The Bertz CT molecular complexity index is 428. The van der Waals surface area contributed by atoms with Crippen LogP contribution < -0.4 is 0 Å². The lowest BCUT2D eigenvalue weighted by atomic mass is 10.1. The van der Waals surface area contributed by atoms with E-state index in [1.807, 2.05) is 60.4 Å². The Morgan fingerprint density at radius 3 is 1.86 bits per heavy atom. The van der Waals surface area contributed by atoms with E-state index in [9.17, 15) is 13.6 Å². The lowest BCUT2D eigenvalue weighted by molar-refractivity contribution is -0.115. The molecule has 0 bridgehead atoms. The Kier molecular flexibility index (Phi) is 7.22. The van der Waals surface area contributed by atoms with Gasteiger partial charge in [-0.05, 0) is 24.6 Å². The molecule has 1 unspecified atom stereocenters. The molecule has 2 nitrogen and oxygen atoms in total. The van der Waals surface area contributed by atoms with Gasteiger partial charge in [0.2, 0.25) is 8.32 Å². The van der Waals surface area contributed by atoms with Crippen molar-refractivity contribution in [1.82, 2.24) is 0 Å². The normalized spacial score (nSPS) is 14.5. The molecule has 0 aliphatic carbocycles. The van der Waals surface area contributed by atoms with Crippen molar-refractivity contribution in [3.05, 3.63) is 11.8 Å². The van der Waals surface area contributed by atoms with Crippen LogP contribution in [0.5, 0.6) is 0 Å². The molecule has 6 heteroatoms. The third kappa shape index (κ3) is 6.32. The molecule has 0 fully saturated rings. The van der Waals surface area contributed by atoms with Gasteiger partial charge in [-0.1, -0.05) is 47.3 Å². The molecular formula is C16H32F2O2Si2. The van der Waals surface area contributed by atoms with E-state index in [2.05, 4.69) is 0 Å². The van der Waals surface area contributed by atoms with Gasteiger partial charge in [0.05, 0.1) is 0 Å². The minimum absolute atomic E-state index is 0.131. The van der Waals surface area contributed by atoms with Crippen LogP contribution in [0, 0.1) is 5.92 Å². The highest BCUT2D eigenvalue weighted by Gasteiger charge is 2.40. The van der Waals surface area contributed by atoms with Crippen LogP contribution in [0.25, 0.3) is 0 Å². The highest BCUT2D eigenvalue weighted by atomic mass is 28.4. The molecule has 0 radical (unpaired) electrons. The summed E-state index contributed by atoms with van der Waals surface area (Å²) in [4.78, 5) is 12.2. The van der Waals surface area contributed by atoms with Crippen molar-refractivity contribution in [2.45, 2.75) is 78.3 Å². The van der Waals surface area contributed by atoms with Gasteiger partial charge in [0.25, 0.3) is 0 Å². The van der Waals surface area contributed by atoms with Crippen LogP contribution in [0.2, 0.25) is 37.8 Å². The van der Waals surface area contributed by atoms with Crippen molar-refractivity contribution < 1.29 is 18.0 Å². The summed E-state index contributed by atoms with van der Waals surface area (Å²) in [7, 11) is -4.15. The van der Waals surface area contributed by atoms with Crippen LogP contribution in [0.15, 0.2) is 11.8 Å². The number of halogens is 2. The summed E-state index contributed by atoms with van der Waals surface area (Å²) < 4.78 is 32.2. The van der Waals surface area contributed by atoms with E-state index in [4.69, 9.17) is 4.43 Å². The van der Waals surface area contributed by atoms with Crippen molar-refractivity contribution >= 4 is 21.8 Å². The summed E-state index contributed by atoms with van der Waals surface area (Å²) in [5.41, 5.74) is 0. The van der Waals surface area contributed by atoms with Crippen LogP contribution in [0.1, 0.15) is 40.5 Å². The second kappa shape index (κ2) is 7.38. The summed E-state index contributed by atoms with van der Waals surface area (Å²) in [5, 5.41) is 0.103. The number of carbonyl (C=O) groups is 1. The Morgan fingerprint density at radius 1 is 1.09 bits per heavy atom. The van der Waals surface area contributed by atoms with Gasteiger partial charge in [-0.2, -0.15) is 8.78 Å². The van der Waals surface area contributed by atoms with E-state index < -0.39 is 22.5 Å². The molecule has 0 spiro atoms. The number of allylic oxidation sites excluding steroid dienone is 1. The summed E-state index contributed by atoms with van der Waals surface area (Å²) in [6.07, 6.45) is -1.20. The zero-order chi connectivity index (χ0) is 17.9. The lowest BCUT2D eigenvalue weighted by Crippen LogP contribution is -2.41. The molecule has 22 heavy (non-hydrogen) atoms. The summed E-state index contributed by atoms with van der Waals surface area (Å²) >= 11 is 0. The van der Waals surface area contributed by atoms with Gasteiger partial charge in [0.15, 0.2) is 0 Å². The fraction of sp³-hybridized carbons (Fsp3) is 0.812. The molecule has 0 aromatic rings. The third-order valence-corrected chi connectivity index (χ3v) is 10.7. The molecule has 0 aromatic carbocycles. The van der Waals surface area contributed by atoms with E-state index in [-0.39, 0.29) is 28.5 Å². The van der Waals surface area contributed by atoms with Crippen LogP contribution in [0.3, 0.4) is 0 Å². The third-order valence-electron chi connectivity index (χ3n) is 4.39. The van der Waals surface area contributed by atoms with Crippen LogP contribution >= 0.6 is 0 Å². The minimum atomic E-state index is -2.28. The Morgan fingerprint density at radius 2 is 1.55 bits per heavy atom. The quantitative estimate of drug-likeness (QED) is 0.417. The number of rotatable bonds is 7. The summed E-state index contributed by atoms with van der Waals surface area (Å²) in [6, 6.07) is 0. The van der Waals surface area contributed by atoms with E-state index >= 15 is 0 Å². The molecular weight excluding hydrogens is 318 g/mol. The molecule has 0 N–H and O–H groups in total. The number of hydrogen-bond donors (Lipinski definition) is 0. The van der Waals surface area contributed by atoms with Gasteiger partial charge in [-0.25, -0.2) is 0 Å². The van der Waals surface area contributed by atoms with Crippen molar-refractivity contribution in [3.8, 4) is 0 Å². The monoisotopic (exact) mass is 350 g/mol. The van der Waals surface area contributed by atoms with Crippen molar-refractivity contribution in [2.24, 2.45) is 5.92 Å². The first-order valence-corrected chi connectivity index (χ1v) is 14.3. The molecule has 0 saturated carbocycles. The van der Waals surface area contributed by atoms with Crippen molar-refractivity contribution in [2.75, 3.05) is 0 Å². The Hall–Kier alpha value is -0.496. The first kappa shape index (κ1) is 21.5. The minimum Gasteiger partial charge on any atom is -0.543 e. The van der Waals surface area contributed by atoms with Crippen LogP contribution in [-0.4, -0.2) is 21.8 Å². The van der Waals surface area contributed by atoms with Crippen molar-refractivity contribution in [1.29, 1.82) is 0 Å². The number of carbonyl (C=O) groups excluding carboxylic acids is 1. The lowest BCUT2D eigenvalue weighted by Gasteiger charge is -2.37. The fourth-order valence-electron chi connectivity index (χ4n) is 1.86. The Labute approximate surface area is 136 Å². The van der Waals surface area contributed by atoms with Gasteiger partial charge in [-0.3, -0.25) is 0 Å². The standard InChI is InChI=1S/C16H32F2O2Si2/c1-12(15(19)21(5,6)7)10-11-13(14(17)18)20-22(8,9)16(2,3)4/h12H,10-11H2,1-9H3. The topological polar surface area (TPSA) is 26.3 Å². The maximum Gasteiger partial charge on any atom is 0.306 e. The van der Waals surface area contributed by atoms with Gasteiger partial charge < -0.3 is 9.22 Å². The van der Waals surface area contributed by atoms with Gasteiger partial charge in [0, 0.05) is 12.3 Å². The molecule has 1 atom stereocenters. The zero-order valence-corrected chi connectivity index (χ0v) is 17.6. The first-order valence-electron chi connectivity index (χ1n) is 7.87. The van der Waals surface area contributed by atoms with Crippen LogP contribution in [-0.2, 0) is 9.22 Å².